The van der Waals surface area contributed by atoms with Crippen molar-refractivity contribution >= 4 is 21.6 Å². The Kier molecular flexibility index (Phi) is 6.55. The van der Waals surface area contributed by atoms with Crippen LogP contribution in [0.3, 0.4) is 0 Å². The fraction of sp³-hybridized carbons (Fsp3) is 0.409. The van der Waals surface area contributed by atoms with Crippen LogP contribution >= 0.6 is 0 Å². The third-order valence-corrected chi connectivity index (χ3v) is 5.77. The number of benzene rings is 2. The molecule has 0 fully saturated rings. The van der Waals surface area contributed by atoms with E-state index in [0.29, 0.717) is 5.69 Å². The van der Waals surface area contributed by atoms with E-state index in [9.17, 15) is 13.2 Å². The van der Waals surface area contributed by atoms with Crippen molar-refractivity contribution in [1.82, 2.24) is 5.32 Å². The van der Waals surface area contributed by atoms with Crippen LogP contribution in [0.25, 0.3) is 0 Å². The van der Waals surface area contributed by atoms with Gasteiger partial charge in [-0.2, -0.15) is 0 Å². The quantitative estimate of drug-likeness (QED) is 0.796. The number of amides is 1. The minimum atomic E-state index is -3.58. The zero-order valence-corrected chi connectivity index (χ0v) is 18.3. The molecule has 0 aliphatic heterocycles. The summed E-state index contributed by atoms with van der Waals surface area (Å²) in [6, 6.07) is 15.0. The van der Waals surface area contributed by atoms with Crippen molar-refractivity contribution in [2.75, 3.05) is 17.1 Å². The minimum Gasteiger partial charge on any atom is -0.348 e. The van der Waals surface area contributed by atoms with Crippen molar-refractivity contribution in [2.45, 2.75) is 46.1 Å². The number of hydrogen-bond acceptors (Lipinski definition) is 3. The molecule has 2 aromatic carbocycles. The molecule has 1 amide bonds. The number of nitrogens with one attached hydrogen (secondary N) is 1. The lowest BCUT2D eigenvalue weighted by Crippen LogP contribution is -2.41. The molecular weight excluding hydrogens is 372 g/mol. The minimum absolute atomic E-state index is 0.0643. The fourth-order valence-corrected chi connectivity index (χ4v) is 3.80. The molecule has 0 aliphatic carbocycles. The zero-order valence-electron chi connectivity index (χ0n) is 17.5. The first kappa shape index (κ1) is 22.0. The van der Waals surface area contributed by atoms with Crippen LogP contribution in [0.1, 0.15) is 50.4 Å². The highest BCUT2D eigenvalue weighted by atomic mass is 32.2. The van der Waals surface area contributed by atoms with Crippen molar-refractivity contribution < 1.29 is 13.2 Å². The smallest absolute Gasteiger partial charge is 0.241 e. The Hall–Kier alpha value is -2.34. The van der Waals surface area contributed by atoms with E-state index in [0.717, 1.165) is 21.7 Å². The first-order valence-electron chi connectivity index (χ1n) is 9.32. The highest BCUT2D eigenvalue weighted by Gasteiger charge is 2.22. The van der Waals surface area contributed by atoms with E-state index in [1.54, 1.807) is 18.2 Å². The van der Waals surface area contributed by atoms with Crippen LogP contribution in [-0.4, -0.2) is 27.1 Å². The van der Waals surface area contributed by atoms with E-state index in [4.69, 9.17) is 0 Å². The molecule has 1 N–H and O–H groups in total. The predicted octanol–water partition coefficient (Wildman–Crippen LogP) is 3.94. The van der Waals surface area contributed by atoms with E-state index < -0.39 is 10.0 Å². The molecule has 0 unspecified atom stereocenters. The van der Waals surface area contributed by atoms with Crippen LogP contribution in [0.4, 0.5) is 5.69 Å². The average molecular weight is 403 g/mol. The molecule has 0 spiro atoms. The molecule has 28 heavy (non-hydrogen) atoms. The van der Waals surface area contributed by atoms with Crippen LogP contribution in [0, 0.1) is 6.92 Å². The van der Waals surface area contributed by atoms with Crippen LogP contribution in [-0.2, 0) is 20.2 Å². The van der Waals surface area contributed by atoms with Gasteiger partial charge in [0.25, 0.3) is 0 Å². The number of rotatable bonds is 6. The largest absolute Gasteiger partial charge is 0.348 e. The molecule has 2 aromatic rings. The van der Waals surface area contributed by atoms with E-state index in [1.807, 2.05) is 32.0 Å². The Balaban J connectivity index is 2.12. The second-order valence-corrected chi connectivity index (χ2v) is 10.2. The first-order chi connectivity index (χ1) is 12.9. The van der Waals surface area contributed by atoms with Crippen LogP contribution in [0.2, 0.25) is 0 Å². The summed E-state index contributed by atoms with van der Waals surface area (Å²) in [4.78, 5) is 12.6. The van der Waals surface area contributed by atoms with Crippen molar-refractivity contribution in [2.24, 2.45) is 0 Å². The van der Waals surface area contributed by atoms with Crippen LogP contribution in [0.15, 0.2) is 48.5 Å². The van der Waals surface area contributed by atoms with Gasteiger partial charge in [-0.3, -0.25) is 9.10 Å². The standard InChI is InChI=1S/C22H30N2O3S/c1-16-8-7-9-20(14-16)24(28(6,26)27)15-21(25)23-17(2)18-10-12-19(13-11-18)22(3,4)5/h7-14,17H,15H2,1-6H3,(H,23,25)/t17-/m0/s1. The van der Waals surface area contributed by atoms with Gasteiger partial charge in [-0.1, -0.05) is 57.2 Å². The van der Waals surface area contributed by atoms with Gasteiger partial charge in [0, 0.05) is 0 Å². The summed E-state index contributed by atoms with van der Waals surface area (Å²) in [6.45, 7) is 9.97. The van der Waals surface area contributed by atoms with Gasteiger partial charge in [-0.15, -0.1) is 0 Å². The van der Waals surface area contributed by atoms with E-state index in [1.165, 1.54) is 5.56 Å². The molecule has 0 bridgehead atoms. The van der Waals surface area contributed by atoms with Crippen molar-refractivity contribution in [3.8, 4) is 0 Å². The second-order valence-electron chi connectivity index (χ2n) is 8.27. The summed E-state index contributed by atoms with van der Waals surface area (Å²) in [5, 5.41) is 2.90. The maximum absolute atomic E-state index is 12.6. The second kappa shape index (κ2) is 8.35. The third kappa shape index (κ3) is 5.83. The van der Waals surface area contributed by atoms with Crippen molar-refractivity contribution in [3.05, 3.63) is 65.2 Å². The molecule has 0 saturated heterocycles. The molecule has 1 atom stereocenters. The Bertz CT molecular complexity index is 929. The number of sulfonamides is 1. The summed E-state index contributed by atoms with van der Waals surface area (Å²) in [7, 11) is -3.58. The van der Waals surface area contributed by atoms with Gasteiger partial charge in [0.15, 0.2) is 0 Å². The first-order valence-corrected chi connectivity index (χ1v) is 11.2. The molecule has 0 heterocycles. The van der Waals surface area contributed by atoms with Crippen molar-refractivity contribution in [3.63, 3.8) is 0 Å². The lowest BCUT2D eigenvalue weighted by Gasteiger charge is -2.24. The van der Waals surface area contributed by atoms with E-state index in [-0.39, 0.29) is 23.9 Å². The summed E-state index contributed by atoms with van der Waals surface area (Å²) in [5.74, 6) is -0.348. The monoisotopic (exact) mass is 402 g/mol. The average Bonchev–Trinajstić information content (AvgIpc) is 2.58. The maximum atomic E-state index is 12.6. The fourth-order valence-electron chi connectivity index (χ4n) is 2.96. The molecule has 0 aromatic heterocycles. The number of anilines is 1. The number of hydrogen-bond donors (Lipinski definition) is 1. The third-order valence-electron chi connectivity index (χ3n) is 4.63. The molecule has 6 heteroatoms. The van der Waals surface area contributed by atoms with Gasteiger partial charge in [-0.05, 0) is 48.1 Å². The van der Waals surface area contributed by atoms with Gasteiger partial charge in [0.1, 0.15) is 6.54 Å². The van der Waals surface area contributed by atoms with Crippen molar-refractivity contribution in [1.29, 1.82) is 0 Å². The Labute approximate surface area is 168 Å². The number of carbonyl (C=O) groups is 1. The number of carbonyl (C=O) groups excluding carboxylic acids is 1. The lowest BCUT2D eigenvalue weighted by molar-refractivity contribution is -0.120. The van der Waals surface area contributed by atoms with Gasteiger partial charge >= 0.3 is 0 Å². The molecular formula is C22H30N2O3S. The molecule has 2 rings (SSSR count). The molecule has 0 saturated carbocycles. The molecule has 0 aliphatic rings. The topological polar surface area (TPSA) is 66.5 Å². The normalized spacial score (nSPS) is 13.1. The lowest BCUT2D eigenvalue weighted by atomic mass is 9.86. The van der Waals surface area contributed by atoms with Gasteiger partial charge in [0.05, 0.1) is 18.0 Å². The molecule has 152 valence electrons. The molecule has 0 radical (unpaired) electrons. The van der Waals surface area contributed by atoms with Crippen LogP contribution < -0.4 is 9.62 Å². The number of nitrogens with zero attached hydrogens (tertiary/aromatic N) is 1. The maximum Gasteiger partial charge on any atom is 0.241 e. The Morgan fingerprint density at radius 3 is 2.21 bits per heavy atom. The highest BCUT2D eigenvalue weighted by molar-refractivity contribution is 7.92. The summed E-state index contributed by atoms with van der Waals surface area (Å²) < 4.78 is 25.6. The van der Waals surface area contributed by atoms with Crippen LogP contribution in [0.5, 0.6) is 0 Å². The van der Waals surface area contributed by atoms with Gasteiger partial charge in [-0.25, -0.2) is 8.42 Å². The summed E-state index contributed by atoms with van der Waals surface area (Å²) >= 11 is 0. The van der Waals surface area contributed by atoms with Gasteiger partial charge < -0.3 is 5.32 Å². The SMILES string of the molecule is Cc1cccc(N(CC(=O)N[C@@H](C)c2ccc(C(C)(C)C)cc2)S(C)(=O)=O)c1. The molecule has 5 nitrogen and oxygen atoms in total. The van der Waals surface area contributed by atoms with E-state index >= 15 is 0 Å². The highest BCUT2D eigenvalue weighted by Crippen LogP contribution is 2.24. The predicted molar refractivity (Wildman–Crippen MR) is 115 cm³/mol. The Morgan fingerprint density at radius 2 is 1.71 bits per heavy atom. The van der Waals surface area contributed by atoms with Gasteiger partial charge in [0.2, 0.25) is 15.9 Å². The summed E-state index contributed by atoms with van der Waals surface area (Å²) in [6.07, 6.45) is 1.11. The summed E-state index contributed by atoms with van der Waals surface area (Å²) in [5.41, 5.74) is 3.67. The van der Waals surface area contributed by atoms with E-state index in [2.05, 4.69) is 38.2 Å². The number of aryl methyl sites for hydroxylation is 1. The zero-order chi connectivity index (χ0) is 21.1. The Morgan fingerprint density at radius 1 is 1.11 bits per heavy atom.